The second kappa shape index (κ2) is 6.49. The maximum absolute atomic E-state index is 6.60. The van der Waals surface area contributed by atoms with E-state index in [2.05, 4.69) is 114 Å². The average Bonchev–Trinajstić information content (AvgIpc) is 3.45. The van der Waals surface area contributed by atoms with E-state index in [9.17, 15) is 0 Å². The fourth-order valence-electron chi connectivity index (χ4n) is 5.78. The third kappa shape index (κ3) is 2.20. The third-order valence-electron chi connectivity index (χ3n) is 7.16. The summed E-state index contributed by atoms with van der Waals surface area (Å²) in [5.41, 5.74) is 5.43. The van der Waals surface area contributed by atoms with Crippen LogP contribution in [0.25, 0.3) is 71.0 Å². The van der Waals surface area contributed by atoms with E-state index < -0.39 is 0 Å². The van der Waals surface area contributed by atoms with Crippen LogP contribution in [0.3, 0.4) is 0 Å². The normalized spacial score (nSPS) is 12.1. The zero-order valence-electron chi connectivity index (χ0n) is 18.3. The first-order valence-electron chi connectivity index (χ1n) is 11.6. The molecule has 0 radical (unpaired) electrons. The van der Waals surface area contributed by atoms with E-state index in [1.165, 1.54) is 43.4 Å². The Bertz CT molecular complexity index is 2060. The Hall–Kier alpha value is -4.56. The molecule has 34 heavy (non-hydrogen) atoms. The van der Waals surface area contributed by atoms with Crippen molar-refractivity contribution in [3.8, 4) is 5.69 Å². The topological polar surface area (TPSA) is 18.1 Å². The van der Waals surface area contributed by atoms with Crippen molar-refractivity contribution in [3.63, 3.8) is 0 Å². The summed E-state index contributed by atoms with van der Waals surface area (Å²) in [7, 11) is 0. The molecule has 0 aliphatic heterocycles. The summed E-state index contributed by atoms with van der Waals surface area (Å²) in [6.45, 7) is 0. The highest BCUT2D eigenvalue weighted by atomic mass is 16.3. The number of hydrogen-bond acceptors (Lipinski definition) is 1. The highest BCUT2D eigenvalue weighted by Crippen LogP contribution is 2.45. The molecule has 2 nitrogen and oxygen atoms in total. The minimum Gasteiger partial charge on any atom is -0.455 e. The number of benzene rings is 6. The van der Waals surface area contributed by atoms with Crippen LogP contribution in [-0.4, -0.2) is 4.57 Å². The third-order valence-corrected chi connectivity index (χ3v) is 7.16. The molecule has 2 heteroatoms. The van der Waals surface area contributed by atoms with Crippen molar-refractivity contribution in [2.45, 2.75) is 0 Å². The lowest BCUT2D eigenvalue weighted by Crippen LogP contribution is -1.94. The van der Waals surface area contributed by atoms with Gasteiger partial charge in [0.25, 0.3) is 0 Å². The van der Waals surface area contributed by atoms with Gasteiger partial charge in [-0.05, 0) is 46.5 Å². The number of rotatable bonds is 1. The van der Waals surface area contributed by atoms with Crippen LogP contribution in [0.4, 0.5) is 0 Å². The Morgan fingerprint density at radius 3 is 1.91 bits per heavy atom. The van der Waals surface area contributed by atoms with Gasteiger partial charge in [0.15, 0.2) is 0 Å². The van der Waals surface area contributed by atoms with Gasteiger partial charge in [0.05, 0.1) is 16.4 Å². The molecular formula is C32H19NO. The van der Waals surface area contributed by atoms with Gasteiger partial charge >= 0.3 is 0 Å². The quantitative estimate of drug-likeness (QED) is 0.236. The Kier molecular flexibility index (Phi) is 3.42. The van der Waals surface area contributed by atoms with Gasteiger partial charge in [-0.1, -0.05) is 84.9 Å². The van der Waals surface area contributed by atoms with E-state index in [4.69, 9.17) is 4.42 Å². The van der Waals surface area contributed by atoms with Crippen molar-refractivity contribution in [3.05, 3.63) is 115 Å². The predicted octanol–water partition coefficient (Wildman–Crippen LogP) is 8.99. The standard InChI is InChI=1S/C32H19NO/c1-2-10-20(11-3-1)33-27-16-8-6-15-26(27)29-23-14-5-4-12-21(23)24-18-19-25-22-13-7-9-17-28(22)34-32(25)30(24)31(29)33/h1-19H. The second-order valence-electron chi connectivity index (χ2n) is 8.92. The SMILES string of the molecule is c1ccc(-n2c3ccccc3c3c4ccccc4c4ccc5c6ccccc6oc5c4c32)cc1. The number of fused-ring (bicyclic) bond motifs is 12. The van der Waals surface area contributed by atoms with E-state index in [1.54, 1.807) is 0 Å². The first-order valence-corrected chi connectivity index (χ1v) is 11.6. The van der Waals surface area contributed by atoms with Crippen LogP contribution >= 0.6 is 0 Å². The molecule has 0 fully saturated rings. The van der Waals surface area contributed by atoms with Crippen molar-refractivity contribution >= 4 is 65.3 Å². The van der Waals surface area contributed by atoms with Gasteiger partial charge in [-0.2, -0.15) is 0 Å². The maximum Gasteiger partial charge on any atom is 0.145 e. The summed E-state index contributed by atoms with van der Waals surface area (Å²) >= 11 is 0. The van der Waals surface area contributed by atoms with E-state index >= 15 is 0 Å². The number of furan rings is 1. The summed E-state index contributed by atoms with van der Waals surface area (Å²) in [4.78, 5) is 0. The molecule has 0 atom stereocenters. The van der Waals surface area contributed by atoms with Crippen LogP contribution in [0.15, 0.2) is 120 Å². The molecule has 0 amide bonds. The Morgan fingerprint density at radius 2 is 1.06 bits per heavy atom. The summed E-state index contributed by atoms with van der Waals surface area (Å²) < 4.78 is 9.01. The number of aromatic nitrogens is 1. The second-order valence-corrected chi connectivity index (χ2v) is 8.92. The molecule has 8 aromatic rings. The van der Waals surface area contributed by atoms with Crippen molar-refractivity contribution in [1.82, 2.24) is 4.57 Å². The Balaban J connectivity index is 1.78. The summed E-state index contributed by atoms with van der Waals surface area (Å²) in [6.07, 6.45) is 0. The molecular weight excluding hydrogens is 414 g/mol. The molecule has 2 heterocycles. The minimum atomic E-state index is 0.925. The van der Waals surface area contributed by atoms with Gasteiger partial charge in [0.1, 0.15) is 11.2 Å². The highest BCUT2D eigenvalue weighted by Gasteiger charge is 2.22. The van der Waals surface area contributed by atoms with Crippen LogP contribution < -0.4 is 0 Å². The molecule has 0 aliphatic rings. The predicted molar refractivity (Wildman–Crippen MR) is 143 cm³/mol. The first-order chi connectivity index (χ1) is 16.9. The lowest BCUT2D eigenvalue weighted by atomic mass is 9.95. The van der Waals surface area contributed by atoms with Crippen LogP contribution in [-0.2, 0) is 0 Å². The minimum absolute atomic E-state index is 0.925. The maximum atomic E-state index is 6.60. The lowest BCUT2D eigenvalue weighted by molar-refractivity contribution is 0.673. The first kappa shape index (κ1) is 17.9. The Morgan fingerprint density at radius 1 is 0.441 bits per heavy atom. The molecule has 0 N–H and O–H groups in total. The van der Waals surface area contributed by atoms with Gasteiger partial charge in [-0.15, -0.1) is 0 Å². The molecule has 8 rings (SSSR count). The summed E-state index contributed by atoms with van der Waals surface area (Å²) in [5, 5.41) is 9.75. The van der Waals surface area contributed by atoms with Crippen molar-refractivity contribution < 1.29 is 4.42 Å². The molecule has 6 aromatic carbocycles. The molecule has 0 saturated carbocycles. The molecule has 0 saturated heterocycles. The summed E-state index contributed by atoms with van der Waals surface area (Å²) in [6, 6.07) is 41.0. The number of nitrogens with zero attached hydrogens (tertiary/aromatic N) is 1. The molecule has 158 valence electrons. The Labute approximate surface area is 195 Å². The van der Waals surface area contributed by atoms with Crippen LogP contribution in [0.5, 0.6) is 0 Å². The van der Waals surface area contributed by atoms with Gasteiger partial charge in [0, 0.05) is 27.2 Å². The van der Waals surface area contributed by atoms with Gasteiger partial charge in [-0.25, -0.2) is 0 Å². The monoisotopic (exact) mass is 433 g/mol. The van der Waals surface area contributed by atoms with Crippen LogP contribution in [0, 0.1) is 0 Å². The zero-order valence-corrected chi connectivity index (χ0v) is 18.3. The van der Waals surface area contributed by atoms with E-state index in [0.717, 1.165) is 27.6 Å². The van der Waals surface area contributed by atoms with E-state index in [1.807, 2.05) is 6.07 Å². The van der Waals surface area contributed by atoms with E-state index in [-0.39, 0.29) is 0 Å². The number of hydrogen-bond donors (Lipinski definition) is 0. The van der Waals surface area contributed by atoms with E-state index in [0.29, 0.717) is 0 Å². The molecule has 2 aromatic heterocycles. The van der Waals surface area contributed by atoms with Crippen molar-refractivity contribution in [2.24, 2.45) is 0 Å². The molecule has 0 aliphatic carbocycles. The zero-order chi connectivity index (χ0) is 22.2. The van der Waals surface area contributed by atoms with Crippen LogP contribution in [0.1, 0.15) is 0 Å². The van der Waals surface area contributed by atoms with Crippen LogP contribution in [0.2, 0.25) is 0 Å². The lowest BCUT2D eigenvalue weighted by Gasteiger charge is -2.12. The van der Waals surface area contributed by atoms with Gasteiger partial charge in [-0.3, -0.25) is 0 Å². The number of para-hydroxylation sites is 3. The van der Waals surface area contributed by atoms with Crippen molar-refractivity contribution in [1.29, 1.82) is 0 Å². The molecule has 0 bridgehead atoms. The smallest absolute Gasteiger partial charge is 0.145 e. The highest BCUT2D eigenvalue weighted by molar-refractivity contribution is 6.36. The van der Waals surface area contributed by atoms with Gasteiger partial charge in [0.2, 0.25) is 0 Å². The molecule has 0 unspecified atom stereocenters. The fraction of sp³-hybridized carbons (Fsp3) is 0. The van der Waals surface area contributed by atoms with Crippen molar-refractivity contribution in [2.75, 3.05) is 0 Å². The average molecular weight is 434 g/mol. The van der Waals surface area contributed by atoms with Gasteiger partial charge < -0.3 is 8.98 Å². The summed E-state index contributed by atoms with van der Waals surface area (Å²) in [5.74, 6) is 0. The largest absolute Gasteiger partial charge is 0.455 e. The fourth-order valence-corrected chi connectivity index (χ4v) is 5.78. The molecule has 0 spiro atoms.